The van der Waals surface area contributed by atoms with E-state index in [2.05, 4.69) is 11.0 Å². The Hall–Kier alpha value is -1.86. The normalized spacial score (nSPS) is 23.4. The van der Waals surface area contributed by atoms with Crippen LogP contribution in [0.3, 0.4) is 0 Å². The summed E-state index contributed by atoms with van der Waals surface area (Å²) in [7, 11) is -3.07. The number of hydrogen-bond acceptors (Lipinski definition) is 5. The topological polar surface area (TPSA) is 49.7 Å². The van der Waals surface area contributed by atoms with Crippen molar-refractivity contribution in [2.75, 3.05) is 16.4 Å². The summed E-state index contributed by atoms with van der Waals surface area (Å²) in [6.07, 6.45) is 0. The van der Waals surface area contributed by atoms with Crippen molar-refractivity contribution in [2.24, 2.45) is 4.99 Å². The number of rotatable bonds is 3. The van der Waals surface area contributed by atoms with E-state index in [1.165, 1.54) is 23.9 Å². The van der Waals surface area contributed by atoms with E-state index >= 15 is 0 Å². The first-order chi connectivity index (χ1) is 12.8. The van der Waals surface area contributed by atoms with Gasteiger partial charge in [-0.15, -0.1) is 0 Å². The van der Waals surface area contributed by atoms with E-state index < -0.39 is 9.84 Å². The lowest BCUT2D eigenvalue weighted by Gasteiger charge is -2.28. The summed E-state index contributed by atoms with van der Waals surface area (Å²) in [5, 5.41) is 0.816. The van der Waals surface area contributed by atoms with Crippen LogP contribution in [0.1, 0.15) is 16.7 Å². The van der Waals surface area contributed by atoms with Gasteiger partial charge >= 0.3 is 0 Å². The van der Waals surface area contributed by atoms with Gasteiger partial charge in [-0.3, -0.25) is 4.99 Å². The van der Waals surface area contributed by atoms with Gasteiger partial charge < -0.3 is 4.90 Å². The quantitative estimate of drug-likeness (QED) is 0.782. The number of aryl methyl sites for hydroxylation is 2. The standard InChI is InChI=1S/C20H21FN2O2S2/c1-13-6-7-18(14(2)8-13)23-19-12-27(24,25)11-17(19)22-20(23)26-10-15-4-3-5-16(21)9-15/h3-9,17,19H,10-12H2,1-2H3. The van der Waals surface area contributed by atoms with Crippen LogP contribution < -0.4 is 4.90 Å². The molecule has 2 heterocycles. The van der Waals surface area contributed by atoms with E-state index in [9.17, 15) is 12.8 Å². The molecule has 0 bridgehead atoms. The maximum atomic E-state index is 13.5. The number of hydrogen-bond donors (Lipinski definition) is 0. The highest BCUT2D eigenvalue weighted by atomic mass is 32.2. The van der Waals surface area contributed by atoms with Crippen LogP contribution in [0, 0.1) is 19.7 Å². The van der Waals surface area contributed by atoms with Gasteiger partial charge in [-0.1, -0.05) is 41.6 Å². The van der Waals surface area contributed by atoms with Crippen molar-refractivity contribution in [2.45, 2.75) is 31.7 Å². The second kappa shape index (κ2) is 6.95. The first-order valence-electron chi connectivity index (χ1n) is 8.84. The first-order valence-corrected chi connectivity index (χ1v) is 11.6. The molecule has 1 fully saturated rings. The summed E-state index contributed by atoms with van der Waals surface area (Å²) in [5.74, 6) is 0.557. The van der Waals surface area contributed by atoms with E-state index in [0.29, 0.717) is 5.75 Å². The molecular formula is C20H21FN2O2S2. The molecule has 27 heavy (non-hydrogen) atoms. The number of amidine groups is 1. The Bertz CT molecular complexity index is 1020. The molecule has 0 aliphatic carbocycles. The van der Waals surface area contributed by atoms with Crippen molar-refractivity contribution in [3.63, 3.8) is 0 Å². The molecule has 0 radical (unpaired) electrons. The second-order valence-corrected chi connectivity index (χ2v) is 10.3. The maximum Gasteiger partial charge on any atom is 0.164 e. The van der Waals surface area contributed by atoms with Crippen LogP contribution in [0.2, 0.25) is 0 Å². The van der Waals surface area contributed by atoms with Crippen LogP contribution >= 0.6 is 11.8 Å². The zero-order valence-electron chi connectivity index (χ0n) is 15.2. The van der Waals surface area contributed by atoms with E-state index in [1.807, 2.05) is 32.0 Å². The number of aliphatic imine (C=N–C) groups is 1. The summed E-state index contributed by atoms with van der Waals surface area (Å²) < 4.78 is 37.7. The third-order valence-corrected chi connectivity index (χ3v) is 7.71. The van der Waals surface area contributed by atoms with E-state index in [1.54, 1.807) is 6.07 Å². The van der Waals surface area contributed by atoms with E-state index in [-0.39, 0.29) is 29.4 Å². The van der Waals surface area contributed by atoms with Crippen LogP contribution in [0.15, 0.2) is 47.5 Å². The molecule has 2 aromatic carbocycles. The molecule has 0 N–H and O–H groups in total. The number of anilines is 1. The van der Waals surface area contributed by atoms with E-state index in [0.717, 1.165) is 27.5 Å². The summed E-state index contributed by atoms with van der Waals surface area (Å²) in [4.78, 5) is 6.81. The Morgan fingerprint density at radius 2 is 2.00 bits per heavy atom. The van der Waals surface area contributed by atoms with Gasteiger partial charge in [0.05, 0.1) is 23.6 Å². The van der Waals surface area contributed by atoms with Gasteiger partial charge in [0.15, 0.2) is 15.0 Å². The molecule has 0 aromatic heterocycles. The zero-order valence-corrected chi connectivity index (χ0v) is 16.9. The molecule has 2 aliphatic rings. The van der Waals surface area contributed by atoms with Gasteiger partial charge in [0.2, 0.25) is 0 Å². The fraction of sp³-hybridized carbons (Fsp3) is 0.350. The molecule has 0 spiro atoms. The maximum absolute atomic E-state index is 13.5. The van der Waals surface area contributed by atoms with Crippen LogP contribution in [0.5, 0.6) is 0 Å². The van der Waals surface area contributed by atoms with Gasteiger partial charge in [0, 0.05) is 11.4 Å². The van der Waals surface area contributed by atoms with Gasteiger partial charge in [0.25, 0.3) is 0 Å². The fourth-order valence-electron chi connectivity index (χ4n) is 3.77. The third-order valence-electron chi connectivity index (χ3n) is 4.98. The van der Waals surface area contributed by atoms with Gasteiger partial charge in [-0.05, 0) is 43.2 Å². The van der Waals surface area contributed by atoms with Gasteiger partial charge in [-0.2, -0.15) is 0 Å². The number of halogens is 1. The number of nitrogens with zero attached hydrogens (tertiary/aromatic N) is 2. The van der Waals surface area contributed by atoms with Crippen molar-refractivity contribution in [3.8, 4) is 0 Å². The molecule has 4 nitrogen and oxygen atoms in total. The largest absolute Gasteiger partial charge is 0.315 e. The number of fused-ring (bicyclic) bond motifs is 1. The molecule has 2 atom stereocenters. The number of benzene rings is 2. The SMILES string of the molecule is Cc1ccc(N2C(SCc3cccc(F)c3)=NC3CS(=O)(=O)CC32)c(C)c1. The van der Waals surface area contributed by atoms with Crippen LogP contribution in [0.4, 0.5) is 10.1 Å². The zero-order chi connectivity index (χ0) is 19.2. The Balaban J connectivity index is 1.65. The molecule has 0 amide bonds. The van der Waals surface area contributed by atoms with Crippen molar-refractivity contribution < 1.29 is 12.8 Å². The molecule has 142 valence electrons. The molecular weight excluding hydrogens is 383 g/mol. The number of thioether (sulfide) groups is 1. The Kier molecular flexibility index (Phi) is 4.76. The average Bonchev–Trinajstić information content (AvgIpc) is 3.05. The highest BCUT2D eigenvalue weighted by Gasteiger charge is 2.47. The molecule has 7 heteroatoms. The lowest BCUT2D eigenvalue weighted by molar-refractivity contribution is 0.601. The molecule has 4 rings (SSSR count). The predicted octanol–water partition coefficient (Wildman–Crippen LogP) is 3.72. The predicted molar refractivity (Wildman–Crippen MR) is 110 cm³/mol. The lowest BCUT2D eigenvalue weighted by atomic mass is 10.1. The summed E-state index contributed by atoms with van der Waals surface area (Å²) in [5.41, 5.74) is 4.14. The Morgan fingerprint density at radius 1 is 1.19 bits per heavy atom. The minimum Gasteiger partial charge on any atom is -0.315 e. The van der Waals surface area contributed by atoms with E-state index in [4.69, 9.17) is 4.99 Å². The molecule has 1 saturated heterocycles. The summed E-state index contributed by atoms with van der Waals surface area (Å²) >= 11 is 1.53. The van der Waals surface area contributed by atoms with Crippen molar-refractivity contribution >= 4 is 32.5 Å². The van der Waals surface area contributed by atoms with Gasteiger partial charge in [-0.25, -0.2) is 12.8 Å². The molecule has 2 unspecified atom stereocenters. The van der Waals surface area contributed by atoms with Gasteiger partial charge in [0.1, 0.15) is 5.82 Å². The smallest absolute Gasteiger partial charge is 0.164 e. The van der Waals surface area contributed by atoms with Crippen LogP contribution in [-0.4, -0.2) is 37.2 Å². The highest BCUT2D eigenvalue weighted by Crippen LogP contribution is 2.37. The van der Waals surface area contributed by atoms with Crippen LogP contribution in [0.25, 0.3) is 0 Å². The summed E-state index contributed by atoms with van der Waals surface area (Å²) in [6.45, 7) is 4.07. The van der Waals surface area contributed by atoms with Crippen molar-refractivity contribution in [1.29, 1.82) is 0 Å². The minimum absolute atomic E-state index is 0.100. The van der Waals surface area contributed by atoms with Crippen molar-refractivity contribution in [1.82, 2.24) is 0 Å². The average molecular weight is 405 g/mol. The highest BCUT2D eigenvalue weighted by molar-refractivity contribution is 8.13. The molecule has 2 aromatic rings. The second-order valence-electron chi connectivity index (χ2n) is 7.20. The molecule has 2 aliphatic heterocycles. The lowest BCUT2D eigenvalue weighted by Crippen LogP contribution is -2.39. The fourth-order valence-corrected chi connectivity index (χ4v) is 6.67. The molecule has 0 saturated carbocycles. The van der Waals surface area contributed by atoms with Crippen LogP contribution in [-0.2, 0) is 15.6 Å². The Morgan fingerprint density at radius 3 is 2.74 bits per heavy atom. The summed E-state index contributed by atoms with van der Waals surface area (Å²) in [6, 6.07) is 12.3. The first kappa shape index (κ1) is 18.5. The number of sulfone groups is 1. The van der Waals surface area contributed by atoms with Crippen molar-refractivity contribution in [3.05, 3.63) is 65.0 Å². The Labute approximate surface area is 163 Å². The minimum atomic E-state index is -3.07. The third kappa shape index (κ3) is 3.75. The monoisotopic (exact) mass is 404 g/mol.